The van der Waals surface area contributed by atoms with E-state index in [2.05, 4.69) is 10.3 Å². The second-order valence-electron chi connectivity index (χ2n) is 3.68. The van der Waals surface area contributed by atoms with E-state index in [9.17, 15) is 8.78 Å². The fourth-order valence-corrected chi connectivity index (χ4v) is 2.02. The van der Waals surface area contributed by atoms with Crippen LogP contribution >= 0.6 is 11.3 Å². The number of nitrogens with zero attached hydrogens (tertiary/aromatic N) is 1. The van der Waals surface area contributed by atoms with Crippen molar-refractivity contribution >= 4 is 11.3 Å². The van der Waals surface area contributed by atoms with Crippen molar-refractivity contribution in [3.8, 4) is 5.75 Å². The minimum atomic E-state index is -0.690. The summed E-state index contributed by atoms with van der Waals surface area (Å²) >= 11 is 1.37. The van der Waals surface area contributed by atoms with Crippen molar-refractivity contribution in [2.24, 2.45) is 0 Å². The van der Waals surface area contributed by atoms with Gasteiger partial charge in [-0.15, -0.1) is 11.3 Å². The molecule has 2 rings (SSSR count). The van der Waals surface area contributed by atoms with Gasteiger partial charge in [0, 0.05) is 12.7 Å². The molecule has 0 aliphatic carbocycles. The number of hydrogen-bond donors (Lipinski definition) is 1. The standard InChI is InChI=1S/C12H12F2N2OS/c1-15-4-8-2-10(13)12(11(14)3-8)17-6-9-5-16-7-18-9/h2-3,5,7,15H,4,6H2,1H3. The quantitative estimate of drug-likeness (QED) is 0.907. The van der Waals surface area contributed by atoms with E-state index in [1.54, 1.807) is 18.8 Å². The van der Waals surface area contributed by atoms with Gasteiger partial charge in [0.25, 0.3) is 0 Å². The average molecular weight is 270 g/mol. The molecule has 6 heteroatoms. The molecule has 0 saturated heterocycles. The van der Waals surface area contributed by atoms with Crippen LogP contribution in [-0.4, -0.2) is 12.0 Å². The molecule has 0 unspecified atom stereocenters. The number of ether oxygens (including phenoxy) is 1. The summed E-state index contributed by atoms with van der Waals surface area (Å²) in [6.07, 6.45) is 1.61. The molecule has 0 fully saturated rings. The van der Waals surface area contributed by atoms with Crippen molar-refractivity contribution in [3.63, 3.8) is 0 Å². The summed E-state index contributed by atoms with van der Waals surface area (Å²) in [5.74, 6) is -1.72. The number of nitrogens with one attached hydrogen (secondary N) is 1. The number of halogens is 2. The Bertz CT molecular complexity index is 494. The van der Waals surface area contributed by atoms with Crippen LogP contribution in [0.4, 0.5) is 8.78 Å². The maximum atomic E-state index is 13.7. The molecule has 1 N–H and O–H groups in total. The van der Waals surface area contributed by atoms with Crippen molar-refractivity contribution < 1.29 is 13.5 Å². The van der Waals surface area contributed by atoms with Crippen LogP contribution in [0.2, 0.25) is 0 Å². The van der Waals surface area contributed by atoms with Crippen LogP contribution < -0.4 is 10.1 Å². The molecule has 0 aliphatic heterocycles. The van der Waals surface area contributed by atoms with Gasteiger partial charge in [0.05, 0.1) is 10.4 Å². The molecule has 3 nitrogen and oxygen atoms in total. The molecular formula is C12H12F2N2OS. The van der Waals surface area contributed by atoms with Gasteiger partial charge in [-0.25, -0.2) is 8.78 Å². The van der Waals surface area contributed by atoms with E-state index in [4.69, 9.17) is 4.74 Å². The Morgan fingerprint density at radius 2 is 2.06 bits per heavy atom. The van der Waals surface area contributed by atoms with Crippen LogP contribution in [0.5, 0.6) is 5.75 Å². The zero-order valence-corrected chi connectivity index (χ0v) is 10.6. The normalized spacial score (nSPS) is 10.6. The lowest BCUT2D eigenvalue weighted by Crippen LogP contribution is -2.07. The van der Waals surface area contributed by atoms with Crippen LogP contribution in [0.15, 0.2) is 23.8 Å². The first-order chi connectivity index (χ1) is 8.70. The van der Waals surface area contributed by atoms with Crippen molar-refractivity contribution in [2.75, 3.05) is 7.05 Å². The van der Waals surface area contributed by atoms with Crippen molar-refractivity contribution in [3.05, 3.63) is 45.9 Å². The van der Waals surface area contributed by atoms with Gasteiger partial charge in [0.15, 0.2) is 17.4 Å². The summed E-state index contributed by atoms with van der Waals surface area (Å²) < 4.78 is 32.5. The average Bonchev–Trinajstić information content (AvgIpc) is 2.81. The summed E-state index contributed by atoms with van der Waals surface area (Å²) in [5.41, 5.74) is 2.18. The lowest BCUT2D eigenvalue weighted by Gasteiger charge is -2.09. The number of hydrogen-bond acceptors (Lipinski definition) is 4. The Morgan fingerprint density at radius 3 is 2.61 bits per heavy atom. The Balaban J connectivity index is 2.12. The van der Waals surface area contributed by atoms with E-state index < -0.39 is 11.6 Å². The van der Waals surface area contributed by atoms with Crippen LogP contribution in [0.25, 0.3) is 0 Å². The molecule has 0 atom stereocenters. The molecule has 0 aliphatic rings. The Hall–Kier alpha value is -1.53. The second-order valence-corrected chi connectivity index (χ2v) is 4.65. The maximum absolute atomic E-state index is 13.7. The van der Waals surface area contributed by atoms with Gasteiger partial charge in [-0.2, -0.15) is 0 Å². The fraction of sp³-hybridized carbons (Fsp3) is 0.250. The number of thiazole rings is 1. The van der Waals surface area contributed by atoms with Gasteiger partial charge in [0.2, 0.25) is 0 Å². The lowest BCUT2D eigenvalue weighted by molar-refractivity contribution is 0.276. The third-order valence-electron chi connectivity index (χ3n) is 2.28. The Morgan fingerprint density at radius 1 is 1.33 bits per heavy atom. The molecule has 0 amide bonds. The summed E-state index contributed by atoms with van der Waals surface area (Å²) in [6, 6.07) is 2.53. The Labute approximate surface area is 107 Å². The van der Waals surface area contributed by atoms with E-state index >= 15 is 0 Å². The largest absolute Gasteiger partial charge is 0.482 e. The van der Waals surface area contributed by atoms with Crippen LogP contribution in [0.3, 0.4) is 0 Å². The number of rotatable bonds is 5. The highest BCUT2D eigenvalue weighted by Crippen LogP contribution is 2.24. The summed E-state index contributed by atoms with van der Waals surface area (Å²) in [6.45, 7) is 0.521. The van der Waals surface area contributed by atoms with Gasteiger partial charge in [-0.05, 0) is 24.7 Å². The van der Waals surface area contributed by atoms with Crippen LogP contribution in [0.1, 0.15) is 10.4 Å². The van der Waals surface area contributed by atoms with Crippen molar-refractivity contribution in [2.45, 2.75) is 13.2 Å². The van der Waals surface area contributed by atoms with Gasteiger partial charge in [-0.1, -0.05) is 0 Å². The molecule has 0 saturated carbocycles. The lowest BCUT2D eigenvalue weighted by atomic mass is 10.2. The minimum Gasteiger partial charge on any atom is -0.482 e. The predicted octanol–water partition coefficient (Wildman–Crippen LogP) is 2.72. The van der Waals surface area contributed by atoms with E-state index in [-0.39, 0.29) is 12.4 Å². The molecule has 1 heterocycles. The molecule has 18 heavy (non-hydrogen) atoms. The molecule has 2 aromatic rings. The van der Waals surface area contributed by atoms with Gasteiger partial charge in [0.1, 0.15) is 6.61 Å². The zero-order chi connectivity index (χ0) is 13.0. The highest BCUT2D eigenvalue weighted by atomic mass is 32.1. The molecule has 1 aromatic carbocycles. The second kappa shape index (κ2) is 5.88. The first kappa shape index (κ1) is 12.9. The summed E-state index contributed by atoms with van der Waals surface area (Å²) in [7, 11) is 1.71. The third kappa shape index (κ3) is 3.02. The maximum Gasteiger partial charge on any atom is 0.191 e. The van der Waals surface area contributed by atoms with E-state index in [0.717, 1.165) is 4.88 Å². The van der Waals surface area contributed by atoms with E-state index in [0.29, 0.717) is 12.1 Å². The molecule has 0 bridgehead atoms. The van der Waals surface area contributed by atoms with Crippen molar-refractivity contribution in [1.29, 1.82) is 0 Å². The zero-order valence-electron chi connectivity index (χ0n) is 9.74. The summed E-state index contributed by atoms with van der Waals surface area (Å²) in [4.78, 5) is 4.67. The molecule has 1 aromatic heterocycles. The first-order valence-corrected chi connectivity index (χ1v) is 6.21. The summed E-state index contributed by atoms with van der Waals surface area (Å²) in [5, 5.41) is 2.83. The predicted molar refractivity (Wildman–Crippen MR) is 65.6 cm³/mol. The SMILES string of the molecule is CNCc1cc(F)c(OCc2cncs2)c(F)c1. The topological polar surface area (TPSA) is 34.1 Å². The van der Waals surface area contributed by atoms with E-state index in [1.165, 1.54) is 23.5 Å². The fourth-order valence-electron chi connectivity index (χ4n) is 1.51. The molecule has 0 spiro atoms. The van der Waals surface area contributed by atoms with Crippen molar-refractivity contribution in [1.82, 2.24) is 10.3 Å². The Kier molecular flexibility index (Phi) is 4.22. The van der Waals surface area contributed by atoms with E-state index in [1.807, 2.05) is 0 Å². The van der Waals surface area contributed by atoms with Gasteiger partial charge >= 0.3 is 0 Å². The monoisotopic (exact) mass is 270 g/mol. The van der Waals surface area contributed by atoms with Crippen LogP contribution in [-0.2, 0) is 13.2 Å². The number of benzene rings is 1. The molecular weight excluding hydrogens is 258 g/mol. The minimum absolute atomic E-state index is 0.115. The first-order valence-electron chi connectivity index (χ1n) is 5.33. The highest BCUT2D eigenvalue weighted by molar-refractivity contribution is 7.09. The van der Waals surface area contributed by atoms with Crippen LogP contribution in [0, 0.1) is 11.6 Å². The molecule has 96 valence electrons. The van der Waals surface area contributed by atoms with Gasteiger partial charge < -0.3 is 10.1 Å². The third-order valence-corrected chi connectivity index (χ3v) is 3.03. The highest BCUT2D eigenvalue weighted by Gasteiger charge is 2.13. The van der Waals surface area contributed by atoms with Gasteiger partial charge in [-0.3, -0.25) is 4.98 Å². The number of aromatic nitrogens is 1. The molecule has 0 radical (unpaired) electrons. The smallest absolute Gasteiger partial charge is 0.191 e.